The Hall–Kier alpha value is -1.81. The SMILES string of the molecule is CCCc1nc(NC)cc(Oc2ccc(Cl)c(C)c2)n1. The minimum Gasteiger partial charge on any atom is -0.439 e. The Labute approximate surface area is 124 Å². The van der Waals surface area contributed by atoms with Gasteiger partial charge in [-0.15, -0.1) is 0 Å². The van der Waals surface area contributed by atoms with Gasteiger partial charge in [0.25, 0.3) is 0 Å². The maximum absolute atomic E-state index is 6.01. The molecular weight excluding hydrogens is 274 g/mol. The first-order valence-corrected chi connectivity index (χ1v) is 7.00. The average Bonchev–Trinajstić information content (AvgIpc) is 2.43. The fourth-order valence-electron chi connectivity index (χ4n) is 1.79. The van der Waals surface area contributed by atoms with E-state index in [0.717, 1.165) is 40.8 Å². The summed E-state index contributed by atoms with van der Waals surface area (Å²) < 4.78 is 5.79. The Morgan fingerprint density at radius 3 is 2.70 bits per heavy atom. The summed E-state index contributed by atoms with van der Waals surface area (Å²) in [7, 11) is 1.83. The number of rotatable bonds is 5. The highest BCUT2D eigenvalue weighted by Gasteiger charge is 2.06. The number of ether oxygens (including phenoxy) is 1. The molecule has 20 heavy (non-hydrogen) atoms. The molecule has 0 saturated carbocycles. The number of hydrogen-bond donors (Lipinski definition) is 1. The normalized spacial score (nSPS) is 10.4. The number of aryl methyl sites for hydroxylation is 2. The molecule has 2 rings (SSSR count). The van der Waals surface area contributed by atoms with Crippen molar-refractivity contribution in [3.8, 4) is 11.6 Å². The zero-order chi connectivity index (χ0) is 14.5. The van der Waals surface area contributed by atoms with Crippen molar-refractivity contribution < 1.29 is 4.74 Å². The maximum Gasteiger partial charge on any atom is 0.224 e. The van der Waals surface area contributed by atoms with Gasteiger partial charge in [0.05, 0.1) is 0 Å². The van der Waals surface area contributed by atoms with Crippen LogP contribution in [0.15, 0.2) is 24.3 Å². The highest BCUT2D eigenvalue weighted by Crippen LogP contribution is 2.26. The summed E-state index contributed by atoms with van der Waals surface area (Å²) in [5, 5.41) is 3.74. The Kier molecular flexibility index (Phi) is 4.79. The maximum atomic E-state index is 6.01. The van der Waals surface area contributed by atoms with Crippen LogP contribution in [0.4, 0.5) is 5.82 Å². The van der Waals surface area contributed by atoms with E-state index in [1.165, 1.54) is 0 Å². The number of nitrogens with one attached hydrogen (secondary N) is 1. The third kappa shape index (κ3) is 3.61. The highest BCUT2D eigenvalue weighted by atomic mass is 35.5. The number of benzene rings is 1. The van der Waals surface area contributed by atoms with E-state index >= 15 is 0 Å². The molecule has 5 heteroatoms. The van der Waals surface area contributed by atoms with Crippen molar-refractivity contribution in [1.82, 2.24) is 9.97 Å². The van der Waals surface area contributed by atoms with Crippen molar-refractivity contribution in [3.63, 3.8) is 0 Å². The third-order valence-corrected chi connectivity index (χ3v) is 3.25. The molecule has 0 aliphatic rings. The first kappa shape index (κ1) is 14.6. The van der Waals surface area contributed by atoms with E-state index < -0.39 is 0 Å². The van der Waals surface area contributed by atoms with Crippen molar-refractivity contribution in [1.29, 1.82) is 0 Å². The van der Waals surface area contributed by atoms with Crippen LogP contribution in [0.1, 0.15) is 24.7 Å². The van der Waals surface area contributed by atoms with Gasteiger partial charge in [0.1, 0.15) is 17.4 Å². The number of aromatic nitrogens is 2. The molecule has 0 unspecified atom stereocenters. The van der Waals surface area contributed by atoms with E-state index in [9.17, 15) is 0 Å². The molecule has 0 atom stereocenters. The molecule has 0 spiro atoms. The Morgan fingerprint density at radius 1 is 1.25 bits per heavy atom. The van der Waals surface area contributed by atoms with Gasteiger partial charge in [-0.2, -0.15) is 4.98 Å². The fraction of sp³-hybridized carbons (Fsp3) is 0.333. The number of nitrogens with zero attached hydrogens (tertiary/aromatic N) is 2. The number of hydrogen-bond acceptors (Lipinski definition) is 4. The van der Waals surface area contributed by atoms with Crippen LogP contribution in [0, 0.1) is 6.92 Å². The average molecular weight is 292 g/mol. The van der Waals surface area contributed by atoms with E-state index in [2.05, 4.69) is 22.2 Å². The van der Waals surface area contributed by atoms with Crippen molar-refractivity contribution >= 4 is 17.4 Å². The summed E-state index contributed by atoms with van der Waals surface area (Å²) >= 11 is 6.01. The Bertz CT molecular complexity index is 602. The van der Waals surface area contributed by atoms with Crippen LogP contribution in [-0.4, -0.2) is 17.0 Å². The summed E-state index contributed by atoms with van der Waals surface area (Å²) in [5.74, 6) is 2.79. The molecule has 1 N–H and O–H groups in total. The molecule has 0 amide bonds. The first-order chi connectivity index (χ1) is 9.62. The predicted molar refractivity (Wildman–Crippen MR) is 81.8 cm³/mol. The van der Waals surface area contributed by atoms with Crippen LogP contribution in [0.3, 0.4) is 0 Å². The van der Waals surface area contributed by atoms with E-state index in [1.807, 2.05) is 32.2 Å². The molecular formula is C15H18ClN3O. The van der Waals surface area contributed by atoms with Gasteiger partial charge in [0.15, 0.2) is 0 Å². The van der Waals surface area contributed by atoms with E-state index in [1.54, 1.807) is 6.07 Å². The van der Waals surface area contributed by atoms with Crippen LogP contribution in [0.5, 0.6) is 11.6 Å². The van der Waals surface area contributed by atoms with Gasteiger partial charge in [-0.1, -0.05) is 18.5 Å². The summed E-state index contributed by atoms with van der Waals surface area (Å²) in [5.41, 5.74) is 0.973. The lowest BCUT2D eigenvalue weighted by molar-refractivity contribution is 0.458. The molecule has 2 aromatic rings. The second-order valence-electron chi connectivity index (χ2n) is 4.52. The second kappa shape index (κ2) is 6.57. The minimum atomic E-state index is 0.537. The van der Waals surface area contributed by atoms with Crippen LogP contribution in [0.25, 0.3) is 0 Å². The van der Waals surface area contributed by atoms with Gasteiger partial charge in [-0.25, -0.2) is 4.98 Å². The Balaban J connectivity index is 2.27. The standard InChI is InChI=1S/C15H18ClN3O/c1-4-5-13-18-14(17-3)9-15(19-13)20-11-6-7-12(16)10(2)8-11/h6-9H,4-5H2,1-3H3,(H,17,18,19). The summed E-state index contributed by atoms with van der Waals surface area (Å²) in [4.78, 5) is 8.80. The van der Waals surface area contributed by atoms with Crippen LogP contribution in [-0.2, 0) is 6.42 Å². The molecule has 1 aromatic heterocycles. The first-order valence-electron chi connectivity index (χ1n) is 6.62. The summed E-state index contributed by atoms with van der Waals surface area (Å²) in [6.45, 7) is 4.04. The van der Waals surface area contributed by atoms with Crippen LogP contribution >= 0.6 is 11.6 Å². The van der Waals surface area contributed by atoms with Gasteiger partial charge in [-0.05, 0) is 37.1 Å². The smallest absolute Gasteiger partial charge is 0.224 e. The monoisotopic (exact) mass is 291 g/mol. The zero-order valence-electron chi connectivity index (χ0n) is 11.9. The minimum absolute atomic E-state index is 0.537. The molecule has 0 bridgehead atoms. The van der Waals surface area contributed by atoms with E-state index in [4.69, 9.17) is 16.3 Å². The van der Waals surface area contributed by atoms with Crippen molar-refractivity contribution in [2.45, 2.75) is 26.7 Å². The number of halogens is 1. The lowest BCUT2D eigenvalue weighted by atomic mass is 10.2. The topological polar surface area (TPSA) is 47.0 Å². The van der Waals surface area contributed by atoms with Crippen molar-refractivity contribution in [2.75, 3.05) is 12.4 Å². The highest BCUT2D eigenvalue weighted by molar-refractivity contribution is 6.31. The quantitative estimate of drug-likeness (QED) is 0.896. The van der Waals surface area contributed by atoms with Gasteiger partial charge in [-0.3, -0.25) is 0 Å². The fourth-order valence-corrected chi connectivity index (χ4v) is 1.91. The molecule has 0 fully saturated rings. The van der Waals surface area contributed by atoms with Gasteiger partial charge in [0.2, 0.25) is 5.88 Å². The molecule has 4 nitrogen and oxygen atoms in total. The largest absolute Gasteiger partial charge is 0.439 e. The molecule has 0 radical (unpaired) electrons. The molecule has 0 aliphatic heterocycles. The van der Waals surface area contributed by atoms with Gasteiger partial charge >= 0.3 is 0 Å². The third-order valence-electron chi connectivity index (χ3n) is 2.83. The van der Waals surface area contributed by atoms with Gasteiger partial charge < -0.3 is 10.1 Å². The van der Waals surface area contributed by atoms with Gasteiger partial charge in [0, 0.05) is 24.6 Å². The van der Waals surface area contributed by atoms with Crippen LogP contribution in [0.2, 0.25) is 5.02 Å². The lowest BCUT2D eigenvalue weighted by Crippen LogP contribution is -2.01. The van der Waals surface area contributed by atoms with Crippen molar-refractivity contribution in [3.05, 3.63) is 40.7 Å². The zero-order valence-corrected chi connectivity index (χ0v) is 12.7. The van der Waals surface area contributed by atoms with Crippen LogP contribution < -0.4 is 10.1 Å². The summed E-state index contributed by atoms with van der Waals surface area (Å²) in [6.07, 6.45) is 1.82. The molecule has 0 saturated heterocycles. The van der Waals surface area contributed by atoms with Crippen molar-refractivity contribution in [2.24, 2.45) is 0 Å². The van der Waals surface area contributed by atoms with E-state index in [-0.39, 0.29) is 0 Å². The Morgan fingerprint density at radius 2 is 2.05 bits per heavy atom. The molecule has 1 heterocycles. The molecule has 0 aliphatic carbocycles. The summed E-state index contributed by atoms with van der Waals surface area (Å²) in [6, 6.07) is 7.32. The van der Waals surface area contributed by atoms with E-state index in [0.29, 0.717) is 5.88 Å². The predicted octanol–water partition coefficient (Wildman–Crippen LogP) is 4.22. The number of anilines is 1. The lowest BCUT2D eigenvalue weighted by Gasteiger charge is -2.09. The second-order valence-corrected chi connectivity index (χ2v) is 4.93. The molecule has 1 aromatic carbocycles. The molecule has 106 valence electrons.